The number of ether oxygens (including phenoxy) is 2. The van der Waals surface area contributed by atoms with E-state index in [0.717, 1.165) is 5.56 Å². The maximum atomic E-state index is 12.9. The zero-order valence-corrected chi connectivity index (χ0v) is 15.1. The van der Waals surface area contributed by atoms with Crippen LogP contribution in [0.2, 0.25) is 0 Å². The lowest BCUT2D eigenvalue weighted by atomic mass is 10.2. The van der Waals surface area contributed by atoms with Gasteiger partial charge in [0.05, 0.1) is 7.11 Å². The van der Waals surface area contributed by atoms with Crippen LogP contribution in [0.25, 0.3) is 0 Å². The number of nitrogens with zero attached hydrogens (tertiary/aromatic N) is 1. The summed E-state index contributed by atoms with van der Waals surface area (Å²) in [6.45, 7) is 2.30. The number of amides is 2. The Balaban J connectivity index is 2.11. The maximum absolute atomic E-state index is 12.9. The Morgan fingerprint density at radius 2 is 1.65 bits per heavy atom. The highest BCUT2D eigenvalue weighted by atomic mass is 16.5. The van der Waals surface area contributed by atoms with Crippen molar-refractivity contribution in [3.63, 3.8) is 0 Å². The molecule has 0 aliphatic rings. The molecule has 0 aliphatic carbocycles. The van der Waals surface area contributed by atoms with Crippen LogP contribution >= 0.6 is 0 Å². The molecule has 2 aromatic rings. The van der Waals surface area contributed by atoms with Crippen molar-refractivity contribution < 1.29 is 19.1 Å². The molecule has 26 heavy (non-hydrogen) atoms. The number of hydrogen-bond donors (Lipinski definition) is 1. The van der Waals surface area contributed by atoms with E-state index in [2.05, 4.69) is 0 Å². The first-order valence-corrected chi connectivity index (χ1v) is 8.42. The molecule has 1 unspecified atom stereocenters. The predicted molar refractivity (Wildman–Crippen MR) is 98.8 cm³/mol. The maximum Gasteiger partial charge on any atom is 0.263 e. The molecule has 0 spiro atoms. The average Bonchev–Trinajstić information content (AvgIpc) is 2.65. The zero-order valence-electron chi connectivity index (χ0n) is 15.1. The van der Waals surface area contributed by atoms with E-state index in [1.807, 2.05) is 42.5 Å². The molecule has 2 rings (SSSR count). The van der Waals surface area contributed by atoms with Crippen molar-refractivity contribution in [3.8, 4) is 11.5 Å². The molecule has 0 bridgehead atoms. The number of benzene rings is 2. The summed E-state index contributed by atoms with van der Waals surface area (Å²) >= 11 is 0. The van der Waals surface area contributed by atoms with Gasteiger partial charge in [-0.15, -0.1) is 0 Å². The molecule has 0 aromatic heterocycles. The lowest BCUT2D eigenvalue weighted by Crippen LogP contribution is -2.41. The first-order valence-electron chi connectivity index (χ1n) is 8.42. The Kier molecular flexibility index (Phi) is 7.02. The number of rotatable bonds is 9. The SMILES string of the molecule is COc1ccccc1OC(C)C(=O)N(CCC(N)=O)Cc1ccccc1. The summed E-state index contributed by atoms with van der Waals surface area (Å²) in [6.07, 6.45) is -0.636. The fourth-order valence-electron chi connectivity index (χ4n) is 2.53. The minimum Gasteiger partial charge on any atom is -0.493 e. The summed E-state index contributed by atoms with van der Waals surface area (Å²) in [7, 11) is 1.54. The van der Waals surface area contributed by atoms with E-state index in [4.69, 9.17) is 15.2 Å². The molecule has 2 amide bonds. The Labute approximate surface area is 153 Å². The zero-order chi connectivity index (χ0) is 18.9. The van der Waals surface area contributed by atoms with E-state index in [1.54, 1.807) is 31.1 Å². The van der Waals surface area contributed by atoms with Crippen molar-refractivity contribution in [2.75, 3.05) is 13.7 Å². The fourth-order valence-corrected chi connectivity index (χ4v) is 2.53. The van der Waals surface area contributed by atoms with E-state index in [0.29, 0.717) is 18.0 Å². The second-order valence-electron chi connectivity index (χ2n) is 5.87. The van der Waals surface area contributed by atoms with Crippen LogP contribution in [0, 0.1) is 0 Å². The highest BCUT2D eigenvalue weighted by molar-refractivity contribution is 5.82. The smallest absolute Gasteiger partial charge is 0.263 e. The van der Waals surface area contributed by atoms with Gasteiger partial charge in [-0.05, 0) is 24.6 Å². The number of nitrogens with two attached hydrogens (primary N) is 1. The molecule has 0 heterocycles. The Bertz CT molecular complexity index is 734. The molecule has 0 aliphatic heterocycles. The normalized spacial score (nSPS) is 11.5. The molecule has 0 saturated heterocycles. The molecule has 6 heteroatoms. The monoisotopic (exact) mass is 356 g/mol. The standard InChI is InChI=1S/C20H24N2O4/c1-15(26-18-11-7-6-10-17(18)25-2)20(24)22(13-12-19(21)23)14-16-8-4-3-5-9-16/h3-11,15H,12-14H2,1-2H3,(H2,21,23). The Morgan fingerprint density at radius 3 is 2.27 bits per heavy atom. The summed E-state index contributed by atoms with van der Waals surface area (Å²) in [6, 6.07) is 16.7. The van der Waals surface area contributed by atoms with Crippen LogP contribution in [-0.2, 0) is 16.1 Å². The number of primary amides is 1. The average molecular weight is 356 g/mol. The summed E-state index contributed by atoms with van der Waals surface area (Å²) < 4.78 is 11.0. The van der Waals surface area contributed by atoms with Gasteiger partial charge in [-0.25, -0.2) is 0 Å². The van der Waals surface area contributed by atoms with Crippen molar-refractivity contribution in [3.05, 3.63) is 60.2 Å². The lowest BCUT2D eigenvalue weighted by molar-refractivity contribution is -0.139. The summed E-state index contributed by atoms with van der Waals surface area (Å²) in [4.78, 5) is 25.6. The van der Waals surface area contributed by atoms with Gasteiger partial charge in [0.25, 0.3) is 5.91 Å². The minimum absolute atomic E-state index is 0.0972. The largest absolute Gasteiger partial charge is 0.493 e. The number of carbonyl (C=O) groups is 2. The van der Waals surface area contributed by atoms with Gasteiger partial charge < -0.3 is 20.1 Å². The van der Waals surface area contributed by atoms with Gasteiger partial charge in [0, 0.05) is 19.5 Å². The van der Waals surface area contributed by atoms with Crippen LogP contribution in [0.15, 0.2) is 54.6 Å². The molecule has 2 aromatic carbocycles. The predicted octanol–water partition coefficient (Wildman–Crippen LogP) is 2.37. The van der Waals surface area contributed by atoms with Crippen molar-refractivity contribution in [2.45, 2.75) is 26.0 Å². The van der Waals surface area contributed by atoms with E-state index < -0.39 is 12.0 Å². The first kappa shape index (κ1) is 19.3. The van der Waals surface area contributed by atoms with Gasteiger partial charge >= 0.3 is 0 Å². The van der Waals surface area contributed by atoms with Crippen LogP contribution in [0.3, 0.4) is 0 Å². The minimum atomic E-state index is -0.733. The lowest BCUT2D eigenvalue weighted by Gasteiger charge is -2.26. The number of hydrogen-bond acceptors (Lipinski definition) is 4. The number of carbonyl (C=O) groups excluding carboxylic acids is 2. The molecular formula is C20H24N2O4. The van der Waals surface area contributed by atoms with Crippen molar-refractivity contribution in [1.82, 2.24) is 4.90 Å². The van der Waals surface area contributed by atoms with Crippen LogP contribution in [0.1, 0.15) is 18.9 Å². The summed E-state index contributed by atoms with van der Waals surface area (Å²) in [5, 5.41) is 0. The van der Waals surface area contributed by atoms with Crippen molar-refractivity contribution in [2.24, 2.45) is 5.73 Å². The molecule has 0 radical (unpaired) electrons. The molecule has 0 saturated carbocycles. The van der Waals surface area contributed by atoms with E-state index in [9.17, 15) is 9.59 Å². The summed E-state index contributed by atoms with van der Waals surface area (Å²) in [5.41, 5.74) is 6.21. The molecule has 2 N–H and O–H groups in total. The van der Waals surface area contributed by atoms with Gasteiger partial charge in [0.2, 0.25) is 5.91 Å². The second-order valence-corrected chi connectivity index (χ2v) is 5.87. The van der Waals surface area contributed by atoms with Crippen LogP contribution < -0.4 is 15.2 Å². The third kappa shape index (κ3) is 5.51. The Hall–Kier alpha value is -3.02. The third-order valence-electron chi connectivity index (χ3n) is 3.88. The topological polar surface area (TPSA) is 81.9 Å². The highest BCUT2D eigenvalue weighted by Gasteiger charge is 2.23. The quantitative estimate of drug-likeness (QED) is 0.748. The molecule has 1 atom stereocenters. The number of para-hydroxylation sites is 2. The first-order chi connectivity index (χ1) is 12.5. The second kappa shape index (κ2) is 9.46. The highest BCUT2D eigenvalue weighted by Crippen LogP contribution is 2.27. The van der Waals surface area contributed by atoms with E-state index in [-0.39, 0.29) is 18.9 Å². The summed E-state index contributed by atoms with van der Waals surface area (Å²) in [5.74, 6) is 0.375. The van der Waals surface area contributed by atoms with Gasteiger partial charge in [0.15, 0.2) is 17.6 Å². The van der Waals surface area contributed by atoms with E-state index >= 15 is 0 Å². The Morgan fingerprint density at radius 1 is 1.04 bits per heavy atom. The third-order valence-corrected chi connectivity index (χ3v) is 3.88. The van der Waals surface area contributed by atoms with Gasteiger partial charge in [-0.1, -0.05) is 42.5 Å². The fraction of sp³-hybridized carbons (Fsp3) is 0.300. The molecule has 6 nitrogen and oxygen atoms in total. The molecule has 0 fully saturated rings. The molecular weight excluding hydrogens is 332 g/mol. The van der Waals surface area contributed by atoms with Gasteiger partial charge in [-0.3, -0.25) is 9.59 Å². The van der Waals surface area contributed by atoms with Crippen molar-refractivity contribution in [1.29, 1.82) is 0 Å². The molecule has 138 valence electrons. The number of methoxy groups -OCH3 is 1. The van der Waals surface area contributed by atoms with E-state index in [1.165, 1.54) is 0 Å². The van der Waals surface area contributed by atoms with Crippen LogP contribution in [-0.4, -0.2) is 36.5 Å². The van der Waals surface area contributed by atoms with Crippen molar-refractivity contribution >= 4 is 11.8 Å². The van der Waals surface area contributed by atoms with Crippen LogP contribution in [0.4, 0.5) is 0 Å². The van der Waals surface area contributed by atoms with Crippen LogP contribution in [0.5, 0.6) is 11.5 Å². The van der Waals surface area contributed by atoms with Gasteiger partial charge in [-0.2, -0.15) is 0 Å². The van der Waals surface area contributed by atoms with Gasteiger partial charge in [0.1, 0.15) is 0 Å².